The zero-order chi connectivity index (χ0) is 14.8. The number of aromatic nitrogens is 2. The molecule has 0 aliphatic carbocycles. The van der Waals surface area contributed by atoms with Crippen LogP contribution in [0.15, 0.2) is 42.5 Å². The van der Waals surface area contributed by atoms with Crippen LogP contribution < -0.4 is 10.5 Å². The van der Waals surface area contributed by atoms with Crippen LogP contribution in [0.2, 0.25) is 0 Å². The summed E-state index contributed by atoms with van der Waals surface area (Å²) < 4.78 is 5.53. The summed E-state index contributed by atoms with van der Waals surface area (Å²) in [5.41, 5.74) is 8.28. The molecule has 0 radical (unpaired) electrons. The first-order valence-corrected chi connectivity index (χ1v) is 6.67. The van der Waals surface area contributed by atoms with Crippen molar-refractivity contribution in [1.29, 1.82) is 0 Å². The molecule has 5 nitrogen and oxygen atoms in total. The maximum atomic E-state index is 9.60. The largest absolute Gasteiger partial charge is 0.508 e. The van der Waals surface area contributed by atoms with Gasteiger partial charge in [-0.2, -0.15) is 4.98 Å². The van der Waals surface area contributed by atoms with Gasteiger partial charge in [-0.15, -0.1) is 0 Å². The van der Waals surface area contributed by atoms with Crippen LogP contribution in [0.3, 0.4) is 0 Å². The third-order valence-electron chi connectivity index (χ3n) is 3.14. The Morgan fingerprint density at radius 1 is 1.10 bits per heavy atom. The Balaban J connectivity index is 2.19. The highest BCUT2D eigenvalue weighted by Crippen LogP contribution is 2.30. The van der Waals surface area contributed by atoms with Gasteiger partial charge >= 0.3 is 0 Å². The molecular formula is C16H15N3O2. The van der Waals surface area contributed by atoms with E-state index in [1.54, 1.807) is 18.2 Å². The summed E-state index contributed by atoms with van der Waals surface area (Å²) in [6.07, 6.45) is 0. The number of hydrogen-bond donors (Lipinski definition) is 2. The molecule has 106 valence electrons. The molecule has 3 aromatic rings. The predicted octanol–water partition coefficient (Wildman–Crippen LogP) is 2.98. The van der Waals surface area contributed by atoms with E-state index in [9.17, 15) is 5.11 Å². The SMILES string of the molecule is CCOc1nc(N)nc2ccc(-c3cccc(O)c3)cc12. The van der Waals surface area contributed by atoms with Crippen molar-refractivity contribution in [3.05, 3.63) is 42.5 Å². The minimum atomic E-state index is 0.191. The number of phenolic OH excluding ortho intramolecular Hbond substituents is 1. The van der Waals surface area contributed by atoms with E-state index in [4.69, 9.17) is 10.5 Å². The molecular weight excluding hydrogens is 266 g/mol. The lowest BCUT2D eigenvalue weighted by atomic mass is 10.0. The highest BCUT2D eigenvalue weighted by Gasteiger charge is 2.09. The predicted molar refractivity (Wildman–Crippen MR) is 82.2 cm³/mol. The fourth-order valence-corrected chi connectivity index (χ4v) is 2.23. The Labute approximate surface area is 122 Å². The number of fused-ring (bicyclic) bond motifs is 1. The topological polar surface area (TPSA) is 81.3 Å². The Morgan fingerprint density at radius 3 is 2.67 bits per heavy atom. The average molecular weight is 281 g/mol. The molecule has 5 heteroatoms. The molecule has 3 N–H and O–H groups in total. The number of nitrogen functional groups attached to an aromatic ring is 1. The van der Waals surface area contributed by atoms with E-state index in [1.807, 2.05) is 31.2 Å². The molecule has 0 unspecified atom stereocenters. The minimum Gasteiger partial charge on any atom is -0.508 e. The van der Waals surface area contributed by atoms with Gasteiger partial charge in [0.15, 0.2) is 0 Å². The third kappa shape index (κ3) is 2.58. The fourth-order valence-electron chi connectivity index (χ4n) is 2.23. The van der Waals surface area contributed by atoms with Gasteiger partial charge in [0.1, 0.15) is 5.75 Å². The third-order valence-corrected chi connectivity index (χ3v) is 3.14. The number of aromatic hydroxyl groups is 1. The van der Waals surface area contributed by atoms with E-state index in [-0.39, 0.29) is 11.7 Å². The van der Waals surface area contributed by atoms with Crippen molar-refractivity contribution in [1.82, 2.24) is 9.97 Å². The van der Waals surface area contributed by atoms with Gasteiger partial charge in [-0.25, -0.2) is 4.98 Å². The van der Waals surface area contributed by atoms with Gasteiger partial charge in [0, 0.05) is 0 Å². The normalized spacial score (nSPS) is 10.7. The zero-order valence-electron chi connectivity index (χ0n) is 11.6. The summed E-state index contributed by atoms with van der Waals surface area (Å²) in [5.74, 6) is 0.893. The van der Waals surface area contributed by atoms with Crippen LogP contribution in [0.4, 0.5) is 5.95 Å². The lowest BCUT2D eigenvalue weighted by Crippen LogP contribution is -2.01. The van der Waals surface area contributed by atoms with Crippen molar-refractivity contribution in [2.45, 2.75) is 6.92 Å². The molecule has 0 spiro atoms. The number of nitrogens with two attached hydrogens (primary N) is 1. The highest BCUT2D eigenvalue weighted by atomic mass is 16.5. The first-order valence-electron chi connectivity index (χ1n) is 6.67. The van der Waals surface area contributed by atoms with Crippen LogP contribution in [0, 0.1) is 0 Å². The van der Waals surface area contributed by atoms with E-state index in [0.29, 0.717) is 12.5 Å². The van der Waals surface area contributed by atoms with Gasteiger partial charge in [-0.05, 0) is 42.3 Å². The molecule has 3 rings (SSSR count). The Hall–Kier alpha value is -2.82. The van der Waals surface area contributed by atoms with Crippen LogP contribution in [0.1, 0.15) is 6.92 Å². The molecule has 0 bridgehead atoms. The molecule has 1 aromatic heterocycles. The van der Waals surface area contributed by atoms with Gasteiger partial charge < -0.3 is 15.6 Å². The maximum Gasteiger partial charge on any atom is 0.226 e. The summed E-state index contributed by atoms with van der Waals surface area (Å²) in [7, 11) is 0. The van der Waals surface area contributed by atoms with E-state index >= 15 is 0 Å². The number of hydrogen-bond acceptors (Lipinski definition) is 5. The van der Waals surface area contributed by atoms with Crippen LogP contribution in [-0.4, -0.2) is 21.7 Å². The van der Waals surface area contributed by atoms with Crippen LogP contribution in [-0.2, 0) is 0 Å². The highest BCUT2D eigenvalue weighted by molar-refractivity contribution is 5.89. The molecule has 1 heterocycles. The summed E-state index contributed by atoms with van der Waals surface area (Å²) in [4.78, 5) is 8.35. The lowest BCUT2D eigenvalue weighted by molar-refractivity contribution is 0.331. The van der Waals surface area contributed by atoms with Crippen molar-refractivity contribution in [3.63, 3.8) is 0 Å². The standard InChI is InChI=1S/C16H15N3O2/c1-2-21-15-13-9-11(10-4-3-5-12(20)8-10)6-7-14(13)18-16(17)19-15/h3-9,20H,2H2,1H3,(H2,17,18,19). The second-order valence-corrected chi connectivity index (χ2v) is 4.60. The molecule has 0 aliphatic rings. The Kier molecular flexibility index (Phi) is 3.31. The number of ether oxygens (including phenoxy) is 1. The molecule has 21 heavy (non-hydrogen) atoms. The molecule has 0 fully saturated rings. The summed E-state index contributed by atoms with van der Waals surface area (Å²) in [5, 5.41) is 10.4. The lowest BCUT2D eigenvalue weighted by Gasteiger charge is -2.09. The van der Waals surface area contributed by atoms with Crippen molar-refractivity contribution in [2.24, 2.45) is 0 Å². The van der Waals surface area contributed by atoms with Gasteiger partial charge in [-0.3, -0.25) is 0 Å². The zero-order valence-corrected chi connectivity index (χ0v) is 11.6. The monoisotopic (exact) mass is 281 g/mol. The second-order valence-electron chi connectivity index (χ2n) is 4.60. The molecule has 0 amide bonds. The number of benzene rings is 2. The molecule has 0 aliphatic heterocycles. The van der Waals surface area contributed by atoms with E-state index < -0.39 is 0 Å². The molecule has 2 aromatic carbocycles. The number of nitrogens with zero attached hydrogens (tertiary/aromatic N) is 2. The second kappa shape index (κ2) is 5.28. The number of rotatable bonds is 3. The smallest absolute Gasteiger partial charge is 0.226 e. The van der Waals surface area contributed by atoms with Crippen molar-refractivity contribution in [3.8, 4) is 22.8 Å². The van der Waals surface area contributed by atoms with E-state index in [1.165, 1.54) is 0 Å². The minimum absolute atomic E-state index is 0.191. The van der Waals surface area contributed by atoms with E-state index in [0.717, 1.165) is 22.0 Å². The summed E-state index contributed by atoms with van der Waals surface area (Å²) in [6, 6.07) is 12.8. The molecule has 0 saturated heterocycles. The fraction of sp³-hybridized carbons (Fsp3) is 0.125. The van der Waals surface area contributed by atoms with E-state index in [2.05, 4.69) is 9.97 Å². The maximum absolute atomic E-state index is 9.60. The molecule has 0 atom stereocenters. The number of anilines is 1. The van der Waals surface area contributed by atoms with Crippen molar-refractivity contribution < 1.29 is 9.84 Å². The molecule has 0 saturated carbocycles. The van der Waals surface area contributed by atoms with Crippen LogP contribution in [0.25, 0.3) is 22.0 Å². The van der Waals surface area contributed by atoms with Crippen molar-refractivity contribution >= 4 is 16.9 Å². The van der Waals surface area contributed by atoms with Gasteiger partial charge in [0.05, 0.1) is 17.5 Å². The number of phenols is 1. The van der Waals surface area contributed by atoms with Gasteiger partial charge in [-0.1, -0.05) is 18.2 Å². The average Bonchev–Trinajstić information content (AvgIpc) is 2.47. The van der Waals surface area contributed by atoms with Gasteiger partial charge in [0.2, 0.25) is 11.8 Å². The van der Waals surface area contributed by atoms with Crippen LogP contribution in [0.5, 0.6) is 11.6 Å². The first-order chi connectivity index (χ1) is 10.2. The summed E-state index contributed by atoms with van der Waals surface area (Å²) >= 11 is 0. The van der Waals surface area contributed by atoms with Crippen molar-refractivity contribution in [2.75, 3.05) is 12.3 Å². The summed E-state index contributed by atoms with van der Waals surface area (Å²) in [6.45, 7) is 2.39. The quantitative estimate of drug-likeness (QED) is 0.771. The Bertz CT molecular complexity index is 803. The van der Waals surface area contributed by atoms with Crippen LogP contribution >= 0.6 is 0 Å². The Morgan fingerprint density at radius 2 is 1.90 bits per heavy atom. The first kappa shape index (κ1) is 13.2. The van der Waals surface area contributed by atoms with Gasteiger partial charge in [0.25, 0.3) is 0 Å².